The Bertz CT molecular complexity index is 582. The summed E-state index contributed by atoms with van der Waals surface area (Å²) in [6, 6.07) is 19.6. The highest BCUT2D eigenvalue weighted by Crippen LogP contribution is 2.18. The van der Waals surface area contributed by atoms with Crippen molar-refractivity contribution in [3.63, 3.8) is 0 Å². The van der Waals surface area contributed by atoms with Gasteiger partial charge in [0.15, 0.2) is 0 Å². The Morgan fingerprint density at radius 2 is 1.50 bits per heavy atom. The lowest BCUT2D eigenvalue weighted by Gasteiger charge is -2.33. The molecule has 4 nitrogen and oxygen atoms in total. The van der Waals surface area contributed by atoms with E-state index in [1.165, 1.54) is 0 Å². The number of benzene rings is 2. The molecular formula is C20H25NO3. The quantitative estimate of drug-likeness (QED) is 0.849. The zero-order valence-corrected chi connectivity index (χ0v) is 13.9. The molecule has 0 aromatic heterocycles. The third kappa shape index (κ3) is 5.25. The van der Waals surface area contributed by atoms with Crippen molar-refractivity contribution in [1.82, 2.24) is 4.90 Å². The van der Waals surface area contributed by atoms with Crippen LogP contribution in [0.2, 0.25) is 0 Å². The van der Waals surface area contributed by atoms with Crippen LogP contribution in [0.3, 0.4) is 0 Å². The van der Waals surface area contributed by atoms with Gasteiger partial charge in [-0.3, -0.25) is 0 Å². The first kappa shape index (κ1) is 16.8. The lowest BCUT2D eigenvalue weighted by molar-refractivity contribution is 0.0401. The van der Waals surface area contributed by atoms with Crippen LogP contribution in [0.4, 0.5) is 0 Å². The topological polar surface area (TPSA) is 41.9 Å². The average molecular weight is 327 g/mol. The fraction of sp³-hybridized carbons (Fsp3) is 0.400. The minimum Gasteiger partial charge on any atom is -0.491 e. The summed E-state index contributed by atoms with van der Waals surface area (Å²) in [7, 11) is 0. The number of hydrogen-bond donors (Lipinski definition) is 1. The Morgan fingerprint density at radius 1 is 0.917 bits per heavy atom. The SMILES string of the molecule is O[C@H](COc1ccccc1)CN1CCC(Oc2ccccc2)CC1. The van der Waals surface area contributed by atoms with Crippen molar-refractivity contribution in [3.8, 4) is 11.5 Å². The fourth-order valence-corrected chi connectivity index (χ4v) is 2.96. The van der Waals surface area contributed by atoms with Crippen molar-refractivity contribution in [3.05, 3.63) is 60.7 Å². The lowest BCUT2D eigenvalue weighted by Crippen LogP contribution is -2.43. The molecule has 2 aromatic rings. The number of nitrogens with zero attached hydrogens (tertiary/aromatic N) is 1. The van der Waals surface area contributed by atoms with Crippen LogP contribution in [-0.2, 0) is 0 Å². The van der Waals surface area contributed by atoms with Crippen molar-refractivity contribution in [2.75, 3.05) is 26.2 Å². The average Bonchev–Trinajstić information content (AvgIpc) is 2.63. The zero-order valence-electron chi connectivity index (χ0n) is 13.9. The van der Waals surface area contributed by atoms with Gasteiger partial charge in [0, 0.05) is 19.6 Å². The number of para-hydroxylation sites is 2. The van der Waals surface area contributed by atoms with E-state index in [1.807, 2.05) is 60.7 Å². The van der Waals surface area contributed by atoms with E-state index in [4.69, 9.17) is 9.47 Å². The van der Waals surface area contributed by atoms with Gasteiger partial charge in [-0.1, -0.05) is 36.4 Å². The molecule has 1 saturated heterocycles. The van der Waals surface area contributed by atoms with Gasteiger partial charge in [0.2, 0.25) is 0 Å². The maximum atomic E-state index is 10.2. The number of aliphatic hydroxyl groups excluding tert-OH is 1. The molecule has 1 aliphatic heterocycles. The maximum absolute atomic E-state index is 10.2. The molecule has 0 radical (unpaired) electrons. The summed E-state index contributed by atoms with van der Waals surface area (Å²) in [5, 5.41) is 10.2. The van der Waals surface area contributed by atoms with Crippen LogP contribution in [0.15, 0.2) is 60.7 Å². The highest BCUT2D eigenvalue weighted by molar-refractivity contribution is 5.21. The number of β-amino-alcohol motifs (C(OH)–C–C–N with tert-alkyl or cyclic N) is 1. The van der Waals surface area contributed by atoms with Crippen molar-refractivity contribution in [1.29, 1.82) is 0 Å². The van der Waals surface area contributed by atoms with E-state index in [-0.39, 0.29) is 6.10 Å². The number of piperidine rings is 1. The number of aliphatic hydroxyl groups is 1. The maximum Gasteiger partial charge on any atom is 0.119 e. The van der Waals surface area contributed by atoms with Crippen molar-refractivity contribution in [2.24, 2.45) is 0 Å². The zero-order chi connectivity index (χ0) is 16.6. The number of hydrogen-bond acceptors (Lipinski definition) is 4. The molecule has 0 unspecified atom stereocenters. The third-order valence-electron chi connectivity index (χ3n) is 4.24. The molecular weight excluding hydrogens is 302 g/mol. The van der Waals surface area contributed by atoms with Crippen molar-refractivity contribution < 1.29 is 14.6 Å². The van der Waals surface area contributed by atoms with E-state index in [9.17, 15) is 5.11 Å². The highest BCUT2D eigenvalue weighted by Gasteiger charge is 2.22. The van der Waals surface area contributed by atoms with E-state index >= 15 is 0 Å². The molecule has 0 saturated carbocycles. The van der Waals surface area contributed by atoms with E-state index in [1.54, 1.807) is 0 Å². The van der Waals surface area contributed by atoms with Crippen molar-refractivity contribution >= 4 is 0 Å². The summed E-state index contributed by atoms with van der Waals surface area (Å²) in [6.45, 7) is 2.86. The predicted octanol–water partition coefficient (Wildman–Crippen LogP) is 2.97. The summed E-state index contributed by atoms with van der Waals surface area (Å²) < 4.78 is 11.6. The molecule has 1 fully saturated rings. The molecule has 4 heteroatoms. The normalized spacial score (nSPS) is 17.4. The molecule has 1 N–H and O–H groups in total. The number of rotatable bonds is 7. The van der Waals surface area contributed by atoms with Crippen LogP contribution in [0.25, 0.3) is 0 Å². The third-order valence-corrected chi connectivity index (χ3v) is 4.24. The molecule has 128 valence electrons. The van der Waals surface area contributed by atoms with Gasteiger partial charge in [0.25, 0.3) is 0 Å². The van der Waals surface area contributed by atoms with Crippen LogP contribution in [0.1, 0.15) is 12.8 Å². The molecule has 1 atom stereocenters. The van der Waals surface area contributed by atoms with E-state index < -0.39 is 6.10 Å². The lowest BCUT2D eigenvalue weighted by atomic mass is 10.1. The van der Waals surface area contributed by atoms with Gasteiger partial charge in [0.1, 0.15) is 30.3 Å². The van der Waals surface area contributed by atoms with Gasteiger partial charge in [-0.15, -0.1) is 0 Å². The second-order valence-corrected chi connectivity index (χ2v) is 6.21. The molecule has 1 aliphatic rings. The Labute approximate surface area is 143 Å². The summed E-state index contributed by atoms with van der Waals surface area (Å²) in [4.78, 5) is 2.28. The molecule has 1 heterocycles. The van der Waals surface area contributed by atoms with Crippen LogP contribution in [-0.4, -0.2) is 48.5 Å². The number of ether oxygens (including phenoxy) is 2. The van der Waals surface area contributed by atoms with Crippen molar-refractivity contribution in [2.45, 2.75) is 25.0 Å². The smallest absolute Gasteiger partial charge is 0.119 e. The monoisotopic (exact) mass is 327 g/mol. The molecule has 24 heavy (non-hydrogen) atoms. The molecule has 0 bridgehead atoms. The second kappa shape index (κ2) is 8.71. The van der Waals surface area contributed by atoms with Crippen LogP contribution < -0.4 is 9.47 Å². The summed E-state index contributed by atoms with van der Waals surface area (Å²) in [6.07, 6.45) is 1.76. The first-order valence-corrected chi connectivity index (χ1v) is 8.59. The summed E-state index contributed by atoms with van der Waals surface area (Å²) >= 11 is 0. The van der Waals surface area contributed by atoms with Crippen LogP contribution in [0.5, 0.6) is 11.5 Å². The summed E-state index contributed by atoms with van der Waals surface area (Å²) in [5.74, 6) is 1.73. The largest absolute Gasteiger partial charge is 0.491 e. The second-order valence-electron chi connectivity index (χ2n) is 6.21. The molecule has 2 aromatic carbocycles. The Balaban J connectivity index is 1.36. The van der Waals surface area contributed by atoms with E-state index in [0.717, 1.165) is 37.4 Å². The van der Waals surface area contributed by atoms with Gasteiger partial charge in [-0.25, -0.2) is 0 Å². The first-order valence-electron chi connectivity index (χ1n) is 8.59. The minimum absolute atomic E-state index is 0.265. The fourth-order valence-electron chi connectivity index (χ4n) is 2.96. The molecule has 0 amide bonds. The Morgan fingerprint density at radius 3 is 2.12 bits per heavy atom. The predicted molar refractivity (Wildman–Crippen MR) is 94.5 cm³/mol. The Kier molecular flexibility index (Phi) is 6.10. The molecule has 0 aliphatic carbocycles. The minimum atomic E-state index is -0.475. The number of likely N-dealkylation sites (tertiary alicyclic amines) is 1. The molecule has 3 rings (SSSR count). The first-order chi connectivity index (χ1) is 11.8. The van der Waals surface area contributed by atoms with Gasteiger partial charge in [-0.2, -0.15) is 0 Å². The van der Waals surface area contributed by atoms with Gasteiger partial charge < -0.3 is 19.5 Å². The van der Waals surface area contributed by atoms with E-state index in [0.29, 0.717) is 13.2 Å². The van der Waals surface area contributed by atoms with Gasteiger partial charge in [-0.05, 0) is 37.1 Å². The highest BCUT2D eigenvalue weighted by atomic mass is 16.5. The van der Waals surface area contributed by atoms with Gasteiger partial charge in [0.05, 0.1) is 0 Å². The van der Waals surface area contributed by atoms with Crippen LogP contribution >= 0.6 is 0 Å². The van der Waals surface area contributed by atoms with E-state index in [2.05, 4.69) is 4.90 Å². The molecule has 0 spiro atoms. The van der Waals surface area contributed by atoms with Crippen LogP contribution in [0, 0.1) is 0 Å². The Hall–Kier alpha value is -2.04. The van der Waals surface area contributed by atoms with Gasteiger partial charge >= 0.3 is 0 Å². The summed E-state index contributed by atoms with van der Waals surface area (Å²) in [5.41, 5.74) is 0. The standard InChI is InChI=1S/C20H25NO3/c22-17(16-23-18-7-3-1-4-8-18)15-21-13-11-20(12-14-21)24-19-9-5-2-6-10-19/h1-10,17,20,22H,11-16H2/t17-/m0/s1.